The first-order valence-corrected chi connectivity index (χ1v) is 6.58. The summed E-state index contributed by atoms with van der Waals surface area (Å²) in [6.45, 7) is 3.66. The molecule has 4 heteroatoms. The Balaban J connectivity index is 2.25. The lowest BCUT2D eigenvalue weighted by Gasteiger charge is -2.29. The molecular formula is C15H16ClNO2. The average molecular weight is 278 g/mol. The number of hydrogen-bond acceptors (Lipinski definition) is 2. The second-order valence-corrected chi connectivity index (χ2v) is 4.94. The zero-order valence-corrected chi connectivity index (χ0v) is 11.7. The van der Waals surface area contributed by atoms with E-state index < -0.39 is 5.54 Å². The molecule has 0 aliphatic carbocycles. The van der Waals surface area contributed by atoms with Gasteiger partial charge in [0.25, 0.3) is 5.91 Å². The van der Waals surface area contributed by atoms with Crippen molar-refractivity contribution in [2.45, 2.75) is 19.4 Å². The first-order chi connectivity index (χ1) is 9.07. The van der Waals surface area contributed by atoms with E-state index in [9.17, 15) is 4.79 Å². The Morgan fingerprint density at radius 3 is 2.53 bits per heavy atom. The summed E-state index contributed by atoms with van der Waals surface area (Å²) in [6, 6.07) is 11.3. The molecule has 1 N–H and O–H groups in total. The number of furan rings is 1. The highest BCUT2D eigenvalue weighted by molar-refractivity contribution is 6.19. The van der Waals surface area contributed by atoms with Crippen molar-refractivity contribution in [2.75, 3.05) is 5.88 Å². The molecule has 0 saturated carbocycles. The van der Waals surface area contributed by atoms with E-state index in [0.717, 1.165) is 5.56 Å². The molecule has 1 aromatic carbocycles. The van der Waals surface area contributed by atoms with Crippen LogP contribution in [-0.2, 0) is 5.54 Å². The Bertz CT molecular complexity index is 565. The lowest BCUT2D eigenvalue weighted by Crippen LogP contribution is -2.45. The van der Waals surface area contributed by atoms with Crippen LogP contribution < -0.4 is 5.32 Å². The Hall–Kier alpha value is -1.74. The van der Waals surface area contributed by atoms with Crippen molar-refractivity contribution in [1.29, 1.82) is 0 Å². The summed E-state index contributed by atoms with van der Waals surface area (Å²) in [7, 11) is 0. The topological polar surface area (TPSA) is 42.2 Å². The third-order valence-electron chi connectivity index (χ3n) is 3.17. The van der Waals surface area contributed by atoms with E-state index in [4.69, 9.17) is 16.0 Å². The molecule has 0 bridgehead atoms. The molecule has 2 rings (SSSR count). The lowest BCUT2D eigenvalue weighted by molar-refractivity contribution is 0.0911. The van der Waals surface area contributed by atoms with Gasteiger partial charge >= 0.3 is 0 Å². The zero-order valence-electron chi connectivity index (χ0n) is 10.9. The standard InChI is InChI=1S/C15H16ClNO2/c1-11-13(8-9-19-11)14(18)17-15(2,10-16)12-6-4-3-5-7-12/h3-9H,10H2,1-2H3,(H,17,18). The van der Waals surface area contributed by atoms with Gasteiger partial charge in [-0.1, -0.05) is 30.3 Å². The normalized spacial score (nSPS) is 13.8. The summed E-state index contributed by atoms with van der Waals surface area (Å²) in [4.78, 5) is 12.2. The van der Waals surface area contributed by atoms with E-state index in [1.165, 1.54) is 6.26 Å². The predicted octanol–water partition coefficient (Wildman–Crippen LogP) is 3.47. The summed E-state index contributed by atoms with van der Waals surface area (Å²) in [5.74, 6) is 0.709. The van der Waals surface area contributed by atoms with Crippen LogP contribution in [0, 0.1) is 6.92 Å². The number of carbonyl (C=O) groups excluding carboxylic acids is 1. The molecule has 19 heavy (non-hydrogen) atoms. The van der Waals surface area contributed by atoms with Crippen molar-refractivity contribution < 1.29 is 9.21 Å². The maximum absolute atomic E-state index is 12.2. The fraction of sp³-hybridized carbons (Fsp3) is 0.267. The molecule has 0 fully saturated rings. The predicted molar refractivity (Wildman–Crippen MR) is 75.4 cm³/mol. The molecule has 1 unspecified atom stereocenters. The van der Waals surface area contributed by atoms with Gasteiger partial charge in [0.1, 0.15) is 5.76 Å². The summed E-state index contributed by atoms with van der Waals surface area (Å²) in [5, 5.41) is 2.97. The van der Waals surface area contributed by atoms with E-state index in [2.05, 4.69) is 5.32 Å². The highest BCUT2D eigenvalue weighted by atomic mass is 35.5. The number of amides is 1. The summed E-state index contributed by atoms with van der Waals surface area (Å²) >= 11 is 6.05. The highest BCUT2D eigenvalue weighted by Crippen LogP contribution is 2.23. The number of rotatable bonds is 4. The van der Waals surface area contributed by atoms with Gasteiger partial charge in [0.2, 0.25) is 0 Å². The minimum Gasteiger partial charge on any atom is -0.469 e. The second-order valence-electron chi connectivity index (χ2n) is 4.68. The van der Waals surface area contributed by atoms with Gasteiger partial charge in [-0.3, -0.25) is 4.79 Å². The SMILES string of the molecule is Cc1occc1C(=O)NC(C)(CCl)c1ccccc1. The minimum atomic E-state index is -0.608. The van der Waals surface area contributed by atoms with Crippen molar-refractivity contribution in [3.63, 3.8) is 0 Å². The maximum Gasteiger partial charge on any atom is 0.255 e. The fourth-order valence-electron chi connectivity index (χ4n) is 1.93. The van der Waals surface area contributed by atoms with Crippen molar-refractivity contribution >= 4 is 17.5 Å². The van der Waals surface area contributed by atoms with E-state index in [-0.39, 0.29) is 5.91 Å². The Kier molecular flexibility index (Phi) is 3.96. The highest BCUT2D eigenvalue weighted by Gasteiger charge is 2.28. The smallest absolute Gasteiger partial charge is 0.255 e. The largest absolute Gasteiger partial charge is 0.469 e. The molecule has 0 aliphatic rings. The molecule has 1 atom stereocenters. The number of carbonyl (C=O) groups is 1. The third-order valence-corrected chi connectivity index (χ3v) is 3.71. The number of halogens is 1. The number of nitrogens with one attached hydrogen (secondary N) is 1. The van der Waals surface area contributed by atoms with Gasteiger partial charge in [-0.05, 0) is 25.5 Å². The molecule has 0 aliphatic heterocycles. The quantitative estimate of drug-likeness (QED) is 0.870. The Morgan fingerprint density at radius 2 is 2.00 bits per heavy atom. The second kappa shape index (κ2) is 5.49. The van der Waals surface area contributed by atoms with Crippen LogP contribution in [0.4, 0.5) is 0 Å². The van der Waals surface area contributed by atoms with Gasteiger partial charge in [0, 0.05) is 5.88 Å². The molecule has 0 saturated heterocycles. The van der Waals surface area contributed by atoms with Crippen LogP contribution in [-0.4, -0.2) is 11.8 Å². The summed E-state index contributed by atoms with van der Waals surface area (Å²) < 4.78 is 5.15. The molecule has 0 spiro atoms. The van der Waals surface area contributed by atoms with Crippen LogP contribution in [0.2, 0.25) is 0 Å². The van der Waals surface area contributed by atoms with Crippen molar-refractivity contribution in [3.8, 4) is 0 Å². The first-order valence-electron chi connectivity index (χ1n) is 6.05. The number of alkyl halides is 1. The van der Waals surface area contributed by atoms with Crippen molar-refractivity contribution in [3.05, 3.63) is 59.5 Å². The third kappa shape index (κ3) is 2.82. The van der Waals surface area contributed by atoms with Crippen LogP contribution in [0.1, 0.15) is 28.6 Å². The van der Waals surface area contributed by atoms with E-state index >= 15 is 0 Å². The number of benzene rings is 1. The van der Waals surface area contributed by atoms with Crippen LogP contribution in [0.3, 0.4) is 0 Å². The van der Waals surface area contributed by atoms with Crippen LogP contribution in [0.5, 0.6) is 0 Å². The van der Waals surface area contributed by atoms with Crippen LogP contribution in [0.15, 0.2) is 47.1 Å². The molecule has 100 valence electrons. The fourth-order valence-corrected chi connectivity index (χ4v) is 2.15. The van der Waals surface area contributed by atoms with Crippen molar-refractivity contribution in [2.24, 2.45) is 0 Å². The van der Waals surface area contributed by atoms with E-state index in [0.29, 0.717) is 17.2 Å². The Labute approximate surface area is 117 Å². The lowest BCUT2D eigenvalue weighted by atomic mass is 9.93. The van der Waals surface area contributed by atoms with Crippen LogP contribution >= 0.6 is 11.6 Å². The number of hydrogen-bond donors (Lipinski definition) is 1. The molecule has 1 amide bonds. The molecule has 0 radical (unpaired) electrons. The summed E-state index contributed by atoms with van der Waals surface area (Å²) in [6.07, 6.45) is 1.50. The molecule has 1 aromatic heterocycles. The molecular weight excluding hydrogens is 262 g/mol. The van der Waals surface area contributed by atoms with Gasteiger partial charge in [-0.15, -0.1) is 11.6 Å². The Morgan fingerprint density at radius 1 is 1.32 bits per heavy atom. The van der Waals surface area contributed by atoms with Gasteiger partial charge in [-0.2, -0.15) is 0 Å². The minimum absolute atomic E-state index is 0.182. The van der Waals surface area contributed by atoms with Gasteiger partial charge in [0.15, 0.2) is 0 Å². The number of aryl methyl sites for hydroxylation is 1. The summed E-state index contributed by atoms with van der Waals surface area (Å²) in [5.41, 5.74) is 0.899. The first kappa shape index (κ1) is 13.7. The van der Waals surface area contributed by atoms with E-state index in [1.807, 2.05) is 37.3 Å². The molecule has 2 aromatic rings. The maximum atomic E-state index is 12.2. The zero-order chi connectivity index (χ0) is 13.9. The molecule has 3 nitrogen and oxygen atoms in total. The van der Waals surface area contributed by atoms with Gasteiger partial charge < -0.3 is 9.73 Å². The van der Waals surface area contributed by atoms with E-state index in [1.54, 1.807) is 13.0 Å². The van der Waals surface area contributed by atoms with Crippen LogP contribution in [0.25, 0.3) is 0 Å². The van der Waals surface area contributed by atoms with Crippen molar-refractivity contribution in [1.82, 2.24) is 5.32 Å². The van der Waals surface area contributed by atoms with Gasteiger partial charge in [-0.25, -0.2) is 0 Å². The average Bonchev–Trinajstić information content (AvgIpc) is 2.86. The molecule has 1 heterocycles. The van der Waals surface area contributed by atoms with Gasteiger partial charge in [0.05, 0.1) is 17.4 Å². The monoisotopic (exact) mass is 277 g/mol.